The number of hydrogen-bond acceptors (Lipinski definition) is 3. The highest BCUT2D eigenvalue weighted by atomic mass is 35.5. The van der Waals surface area contributed by atoms with Crippen molar-refractivity contribution >= 4 is 40.7 Å². The molecular weight excluding hydrogens is 351 g/mol. The zero-order valence-corrected chi connectivity index (χ0v) is 14.6. The molecule has 24 heavy (non-hydrogen) atoms. The molecule has 0 bridgehead atoms. The first-order valence-corrected chi connectivity index (χ1v) is 7.83. The van der Waals surface area contributed by atoms with Crippen molar-refractivity contribution in [2.24, 2.45) is 0 Å². The number of benzene rings is 2. The van der Waals surface area contributed by atoms with E-state index in [9.17, 15) is 14.7 Å². The van der Waals surface area contributed by atoms with Crippen LogP contribution in [0.2, 0.25) is 10.0 Å². The van der Waals surface area contributed by atoms with E-state index in [1.165, 1.54) is 30.1 Å². The maximum Gasteiger partial charge on any atom is 0.257 e. The standard InChI is InChI=1S/C17H16Cl2N2O3/c1-10-3-5-12(15(22)7-10)17(24)21(2)9-16(23)20-11-4-6-13(18)14(19)8-11/h3-8,22H,9H2,1-2H3,(H,20,23). The minimum Gasteiger partial charge on any atom is -0.507 e. The smallest absolute Gasteiger partial charge is 0.257 e. The van der Waals surface area contributed by atoms with Gasteiger partial charge in [0.1, 0.15) is 5.75 Å². The van der Waals surface area contributed by atoms with E-state index in [2.05, 4.69) is 5.32 Å². The summed E-state index contributed by atoms with van der Waals surface area (Å²) >= 11 is 11.7. The number of hydrogen-bond donors (Lipinski definition) is 2. The second-order valence-electron chi connectivity index (χ2n) is 5.36. The lowest BCUT2D eigenvalue weighted by atomic mass is 10.1. The molecule has 2 amide bonds. The van der Waals surface area contributed by atoms with Crippen LogP contribution in [-0.4, -0.2) is 35.4 Å². The van der Waals surface area contributed by atoms with Crippen LogP contribution in [0.3, 0.4) is 0 Å². The van der Waals surface area contributed by atoms with E-state index in [1.54, 1.807) is 18.2 Å². The predicted molar refractivity (Wildman–Crippen MR) is 94.9 cm³/mol. The molecule has 0 aromatic heterocycles. The molecule has 0 fully saturated rings. The van der Waals surface area contributed by atoms with Gasteiger partial charge in [0.15, 0.2) is 0 Å². The van der Waals surface area contributed by atoms with Gasteiger partial charge in [0, 0.05) is 12.7 Å². The number of aromatic hydroxyl groups is 1. The van der Waals surface area contributed by atoms with E-state index in [-0.39, 0.29) is 17.9 Å². The monoisotopic (exact) mass is 366 g/mol. The van der Waals surface area contributed by atoms with E-state index in [0.717, 1.165) is 5.56 Å². The molecule has 0 spiro atoms. The number of nitrogens with zero attached hydrogens (tertiary/aromatic N) is 1. The Hall–Kier alpha value is -2.24. The third-order valence-electron chi connectivity index (χ3n) is 3.31. The molecule has 2 aromatic carbocycles. The van der Waals surface area contributed by atoms with Crippen LogP contribution in [0.15, 0.2) is 36.4 Å². The second-order valence-corrected chi connectivity index (χ2v) is 6.17. The number of rotatable bonds is 4. The number of anilines is 1. The number of aryl methyl sites for hydroxylation is 1. The van der Waals surface area contributed by atoms with Gasteiger partial charge in [-0.25, -0.2) is 0 Å². The Labute approximate surface area is 149 Å². The maximum absolute atomic E-state index is 12.3. The molecule has 0 aliphatic heterocycles. The van der Waals surface area contributed by atoms with Gasteiger partial charge in [-0.1, -0.05) is 29.3 Å². The van der Waals surface area contributed by atoms with Crippen molar-refractivity contribution in [1.29, 1.82) is 0 Å². The summed E-state index contributed by atoms with van der Waals surface area (Å²) in [6.07, 6.45) is 0. The summed E-state index contributed by atoms with van der Waals surface area (Å²) in [7, 11) is 1.48. The number of phenols is 1. The highest BCUT2D eigenvalue weighted by Crippen LogP contribution is 2.25. The van der Waals surface area contributed by atoms with Crippen LogP contribution >= 0.6 is 23.2 Å². The Morgan fingerprint density at radius 1 is 1.12 bits per heavy atom. The minimum absolute atomic E-state index is 0.114. The number of carbonyl (C=O) groups excluding carboxylic acids is 2. The van der Waals surface area contributed by atoms with Gasteiger partial charge in [0.05, 0.1) is 22.2 Å². The number of phenolic OH excluding ortho intramolecular Hbond substituents is 1. The van der Waals surface area contributed by atoms with E-state index in [4.69, 9.17) is 23.2 Å². The molecule has 5 nitrogen and oxygen atoms in total. The fourth-order valence-corrected chi connectivity index (χ4v) is 2.39. The van der Waals surface area contributed by atoms with Gasteiger partial charge < -0.3 is 15.3 Å². The molecule has 0 aliphatic carbocycles. The molecule has 0 atom stereocenters. The Balaban J connectivity index is 2.02. The van der Waals surface area contributed by atoms with Crippen LogP contribution in [0.1, 0.15) is 15.9 Å². The van der Waals surface area contributed by atoms with Crippen molar-refractivity contribution in [2.45, 2.75) is 6.92 Å². The Bertz CT molecular complexity index is 793. The third-order valence-corrected chi connectivity index (χ3v) is 4.05. The summed E-state index contributed by atoms with van der Waals surface area (Å²) in [6.45, 7) is 1.63. The van der Waals surface area contributed by atoms with Gasteiger partial charge >= 0.3 is 0 Å². The molecule has 0 saturated carbocycles. The lowest BCUT2D eigenvalue weighted by molar-refractivity contribution is -0.116. The average Bonchev–Trinajstić information content (AvgIpc) is 2.50. The second kappa shape index (κ2) is 7.55. The number of carbonyl (C=O) groups is 2. The lowest BCUT2D eigenvalue weighted by Gasteiger charge is -2.17. The summed E-state index contributed by atoms with van der Waals surface area (Å²) in [5.74, 6) is -0.954. The molecule has 0 heterocycles. The molecule has 0 radical (unpaired) electrons. The molecule has 2 rings (SSSR count). The molecular formula is C17H16Cl2N2O3. The van der Waals surface area contributed by atoms with Crippen LogP contribution in [0, 0.1) is 6.92 Å². The summed E-state index contributed by atoms with van der Waals surface area (Å²) < 4.78 is 0. The fourth-order valence-electron chi connectivity index (χ4n) is 2.09. The van der Waals surface area contributed by atoms with Gasteiger partial charge in [-0.15, -0.1) is 0 Å². The van der Waals surface area contributed by atoms with Crippen LogP contribution in [0.5, 0.6) is 5.75 Å². The first-order chi connectivity index (χ1) is 11.3. The van der Waals surface area contributed by atoms with Crippen LogP contribution in [0.25, 0.3) is 0 Å². The van der Waals surface area contributed by atoms with Crippen molar-refractivity contribution < 1.29 is 14.7 Å². The Morgan fingerprint density at radius 3 is 2.46 bits per heavy atom. The highest BCUT2D eigenvalue weighted by Gasteiger charge is 2.18. The van der Waals surface area contributed by atoms with Gasteiger partial charge in [0.2, 0.25) is 5.91 Å². The van der Waals surface area contributed by atoms with Gasteiger partial charge in [0.25, 0.3) is 5.91 Å². The van der Waals surface area contributed by atoms with E-state index < -0.39 is 11.8 Å². The van der Waals surface area contributed by atoms with Crippen LogP contribution < -0.4 is 5.32 Å². The largest absolute Gasteiger partial charge is 0.507 e. The zero-order valence-electron chi connectivity index (χ0n) is 13.1. The van der Waals surface area contributed by atoms with Crippen molar-refractivity contribution in [3.05, 3.63) is 57.6 Å². The number of nitrogens with one attached hydrogen (secondary N) is 1. The summed E-state index contributed by atoms with van der Waals surface area (Å²) in [4.78, 5) is 25.6. The molecule has 2 N–H and O–H groups in total. The first kappa shape index (κ1) is 18.1. The maximum atomic E-state index is 12.3. The van der Waals surface area contributed by atoms with Crippen LogP contribution in [-0.2, 0) is 4.79 Å². The van der Waals surface area contributed by atoms with E-state index in [1.807, 2.05) is 6.92 Å². The highest BCUT2D eigenvalue weighted by molar-refractivity contribution is 6.42. The summed E-state index contributed by atoms with van der Waals surface area (Å²) in [5, 5.41) is 13.2. The number of likely N-dealkylation sites (N-methyl/N-ethyl adjacent to an activating group) is 1. The molecule has 0 aliphatic rings. The van der Waals surface area contributed by atoms with Crippen molar-refractivity contribution in [2.75, 3.05) is 18.9 Å². The van der Waals surface area contributed by atoms with Crippen molar-refractivity contribution in [3.8, 4) is 5.75 Å². The van der Waals surface area contributed by atoms with Crippen LogP contribution in [0.4, 0.5) is 5.69 Å². The molecule has 0 saturated heterocycles. The van der Waals surface area contributed by atoms with Crippen molar-refractivity contribution in [3.63, 3.8) is 0 Å². The summed E-state index contributed by atoms with van der Waals surface area (Å²) in [5.41, 5.74) is 1.46. The quantitative estimate of drug-likeness (QED) is 0.866. The van der Waals surface area contributed by atoms with E-state index >= 15 is 0 Å². The lowest BCUT2D eigenvalue weighted by Crippen LogP contribution is -2.35. The van der Waals surface area contributed by atoms with Gasteiger partial charge in [-0.2, -0.15) is 0 Å². The fraction of sp³-hybridized carbons (Fsp3) is 0.176. The van der Waals surface area contributed by atoms with E-state index in [0.29, 0.717) is 15.7 Å². The molecule has 7 heteroatoms. The zero-order chi connectivity index (χ0) is 17.9. The van der Waals surface area contributed by atoms with Gasteiger partial charge in [-0.05, 0) is 42.8 Å². The molecule has 126 valence electrons. The van der Waals surface area contributed by atoms with Gasteiger partial charge in [-0.3, -0.25) is 9.59 Å². The average molecular weight is 367 g/mol. The number of amides is 2. The first-order valence-electron chi connectivity index (χ1n) is 7.08. The third kappa shape index (κ3) is 4.40. The normalized spacial score (nSPS) is 10.3. The minimum atomic E-state index is -0.447. The summed E-state index contributed by atoms with van der Waals surface area (Å²) in [6, 6.07) is 9.45. The predicted octanol–water partition coefficient (Wildman–Crippen LogP) is 3.72. The SMILES string of the molecule is Cc1ccc(C(=O)N(C)CC(=O)Nc2ccc(Cl)c(Cl)c2)c(O)c1. The topological polar surface area (TPSA) is 69.6 Å². The number of halogens is 2. The molecule has 2 aromatic rings. The Kier molecular flexibility index (Phi) is 5.70. The van der Waals surface area contributed by atoms with Crippen molar-refractivity contribution in [1.82, 2.24) is 4.90 Å². The molecule has 0 unspecified atom stereocenters. The Morgan fingerprint density at radius 2 is 1.83 bits per heavy atom.